The van der Waals surface area contributed by atoms with Crippen molar-refractivity contribution in [3.05, 3.63) is 58.2 Å². The fourth-order valence-corrected chi connectivity index (χ4v) is 7.15. The Morgan fingerprint density at radius 1 is 1.07 bits per heavy atom. The minimum atomic E-state index is -0.186. The second-order valence-electron chi connectivity index (χ2n) is 10.7. The summed E-state index contributed by atoms with van der Waals surface area (Å²) in [5, 5.41) is 11.0. The highest BCUT2D eigenvalue weighted by Crippen LogP contribution is 2.63. The van der Waals surface area contributed by atoms with Crippen molar-refractivity contribution in [3.8, 4) is 0 Å². The van der Waals surface area contributed by atoms with Gasteiger partial charge in [0.25, 0.3) is 0 Å². The Balaban J connectivity index is 1.60. The fourth-order valence-electron chi connectivity index (χ4n) is 7.15. The first kappa shape index (κ1) is 20.2. The Bertz CT molecular complexity index is 909. The maximum atomic E-state index is 12.1. The van der Waals surface area contributed by atoms with Gasteiger partial charge in [-0.2, -0.15) is 0 Å². The highest BCUT2D eigenvalue weighted by atomic mass is 16.3. The largest absolute Gasteiger partial charge is 0.393 e. The van der Waals surface area contributed by atoms with Crippen molar-refractivity contribution in [1.29, 1.82) is 0 Å². The summed E-state index contributed by atoms with van der Waals surface area (Å²) in [5.41, 5.74) is 7.17. The van der Waals surface area contributed by atoms with E-state index < -0.39 is 0 Å². The van der Waals surface area contributed by atoms with Crippen LogP contribution in [0.15, 0.2) is 47.1 Å². The van der Waals surface area contributed by atoms with Gasteiger partial charge in [-0.1, -0.05) is 36.8 Å². The number of benzene rings is 1. The van der Waals surface area contributed by atoms with Gasteiger partial charge in [0, 0.05) is 18.9 Å². The summed E-state index contributed by atoms with van der Waals surface area (Å²) in [4.78, 5) is 14.3. The average Bonchev–Trinajstić information content (AvgIpc) is 3.01. The van der Waals surface area contributed by atoms with E-state index in [-0.39, 0.29) is 11.5 Å². The van der Waals surface area contributed by atoms with Crippen LogP contribution in [-0.4, -0.2) is 36.0 Å². The lowest BCUT2D eigenvalue weighted by Crippen LogP contribution is -2.45. The van der Waals surface area contributed by atoms with Gasteiger partial charge in [0.1, 0.15) is 0 Å². The van der Waals surface area contributed by atoms with Crippen molar-refractivity contribution in [2.24, 2.45) is 17.3 Å². The van der Waals surface area contributed by atoms with Crippen LogP contribution in [-0.2, 0) is 11.3 Å². The summed E-state index contributed by atoms with van der Waals surface area (Å²) in [6.07, 6.45) is 8.62. The average molecular weight is 406 g/mol. The Morgan fingerprint density at radius 2 is 1.83 bits per heavy atom. The summed E-state index contributed by atoms with van der Waals surface area (Å²) in [6.45, 7) is 3.30. The van der Waals surface area contributed by atoms with Gasteiger partial charge in [-0.25, -0.2) is 0 Å². The molecule has 0 bridgehead atoms. The molecule has 3 heteroatoms. The van der Waals surface area contributed by atoms with E-state index in [1.54, 1.807) is 5.57 Å². The first-order valence-electron chi connectivity index (χ1n) is 11.7. The van der Waals surface area contributed by atoms with Crippen LogP contribution in [0, 0.1) is 17.3 Å². The minimum absolute atomic E-state index is 0.00735. The summed E-state index contributed by atoms with van der Waals surface area (Å²) in [6, 6.07) is 9.20. The van der Waals surface area contributed by atoms with Crippen LogP contribution >= 0.6 is 0 Å². The lowest BCUT2D eigenvalue weighted by atomic mass is 9.53. The van der Waals surface area contributed by atoms with Crippen LogP contribution in [0.1, 0.15) is 68.9 Å². The molecule has 1 N–H and O–H groups in total. The van der Waals surface area contributed by atoms with Gasteiger partial charge >= 0.3 is 0 Å². The molecule has 4 aliphatic rings. The number of allylic oxidation sites excluding steroid dienone is 4. The number of ketones is 1. The first-order chi connectivity index (χ1) is 14.4. The lowest BCUT2D eigenvalue weighted by Gasteiger charge is -2.52. The predicted octanol–water partition coefficient (Wildman–Crippen LogP) is 5.01. The Kier molecular flexibility index (Phi) is 5.02. The van der Waals surface area contributed by atoms with E-state index in [0.29, 0.717) is 30.0 Å². The normalized spacial score (nSPS) is 35.8. The molecule has 2 fully saturated rings. The van der Waals surface area contributed by atoms with E-state index in [2.05, 4.69) is 50.2 Å². The quantitative estimate of drug-likeness (QED) is 0.769. The molecule has 2 saturated carbocycles. The zero-order valence-electron chi connectivity index (χ0n) is 18.7. The maximum Gasteiger partial charge on any atom is 0.156 e. The highest BCUT2D eigenvalue weighted by Gasteiger charge is 2.56. The van der Waals surface area contributed by atoms with Gasteiger partial charge in [-0.05, 0) is 98.2 Å². The van der Waals surface area contributed by atoms with E-state index in [4.69, 9.17) is 0 Å². The van der Waals surface area contributed by atoms with Crippen molar-refractivity contribution in [1.82, 2.24) is 4.90 Å². The third-order valence-electron chi connectivity index (χ3n) is 8.56. The number of hydrogen-bond donors (Lipinski definition) is 1. The zero-order chi connectivity index (χ0) is 21.0. The number of fused-ring (bicyclic) bond motifs is 4. The van der Waals surface area contributed by atoms with Crippen LogP contribution in [0.3, 0.4) is 0 Å². The second kappa shape index (κ2) is 7.46. The van der Waals surface area contributed by atoms with Gasteiger partial charge in [-0.15, -0.1) is 0 Å². The summed E-state index contributed by atoms with van der Waals surface area (Å²) in [7, 11) is 4.21. The molecule has 0 amide bonds. The topological polar surface area (TPSA) is 40.5 Å². The Labute approximate surface area is 180 Å². The minimum Gasteiger partial charge on any atom is -0.393 e. The number of rotatable bonds is 3. The zero-order valence-corrected chi connectivity index (χ0v) is 18.7. The molecular formula is C27H35NO2. The molecule has 0 radical (unpaired) electrons. The molecule has 0 heterocycles. The van der Waals surface area contributed by atoms with Gasteiger partial charge < -0.3 is 10.0 Å². The summed E-state index contributed by atoms with van der Waals surface area (Å²) in [5.74, 6) is 1.81. The van der Waals surface area contributed by atoms with Crippen molar-refractivity contribution in [2.75, 3.05) is 14.1 Å². The predicted molar refractivity (Wildman–Crippen MR) is 120 cm³/mol. The van der Waals surface area contributed by atoms with Crippen LogP contribution in [0.5, 0.6) is 0 Å². The number of aliphatic hydroxyl groups is 1. The van der Waals surface area contributed by atoms with E-state index in [9.17, 15) is 9.90 Å². The van der Waals surface area contributed by atoms with E-state index in [0.717, 1.165) is 45.1 Å². The second-order valence-corrected chi connectivity index (χ2v) is 10.7. The molecule has 1 aromatic rings. The van der Waals surface area contributed by atoms with Crippen molar-refractivity contribution < 1.29 is 9.90 Å². The standard InChI is InChI=1S/C27H35NO2/c1-27-15-23(18-6-4-17(5-7-18)16-28(2)3)26-21-11-9-20(29)14-19(21)8-10-22(26)24(27)12-13-25(27)30/h4-7,14,22-25,30H,8-13,15-16H2,1-3H3. The molecular weight excluding hydrogens is 370 g/mol. The molecule has 5 rings (SSSR count). The van der Waals surface area contributed by atoms with Crippen LogP contribution in [0.2, 0.25) is 0 Å². The molecule has 0 spiro atoms. The maximum absolute atomic E-state index is 12.1. The van der Waals surface area contributed by atoms with Crippen LogP contribution in [0.25, 0.3) is 0 Å². The van der Waals surface area contributed by atoms with E-state index in [1.165, 1.54) is 22.3 Å². The van der Waals surface area contributed by atoms with Gasteiger partial charge in [-0.3, -0.25) is 4.79 Å². The van der Waals surface area contributed by atoms with Gasteiger partial charge in [0.05, 0.1) is 6.10 Å². The molecule has 0 aliphatic heterocycles. The molecule has 0 aromatic heterocycles. The highest BCUT2D eigenvalue weighted by molar-refractivity contribution is 5.93. The molecule has 160 valence electrons. The molecule has 0 saturated heterocycles. The summed E-state index contributed by atoms with van der Waals surface area (Å²) < 4.78 is 0. The molecule has 1 aromatic carbocycles. The van der Waals surface area contributed by atoms with E-state index in [1.807, 2.05) is 6.08 Å². The van der Waals surface area contributed by atoms with E-state index >= 15 is 0 Å². The van der Waals surface area contributed by atoms with Crippen molar-refractivity contribution in [2.45, 2.75) is 70.4 Å². The molecule has 3 nitrogen and oxygen atoms in total. The SMILES string of the molecule is CN(C)Cc1ccc(C2CC3(C)C(O)CCC3C3CCC4=CC(=O)CCC4=C23)cc1. The van der Waals surface area contributed by atoms with Crippen LogP contribution in [0.4, 0.5) is 0 Å². The molecule has 5 unspecified atom stereocenters. The number of hydrogen-bond acceptors (Lipinski definition) is 3. The Hall–Kier alpha value is -1.71. The monoisotopic (exact) mass is 405 g/mol. The van der Waals surface area contributed by atoms with Crippen molar-refractivity contribution in [3.63, 3.8) is 0 Å². The molecule has 30 heavy (non-hydrogen) atoms. The first-order valence-corrected chi connectivity index (χ1v) is 11.7. The number of nitrogens with zero attached hydrogens (tertiary/aromatic N) is 1. The fraction of sp³-hybridized carbons (Fsp3) is 0.593. The number of aliphatic hydroxyl groups excluding tert-OH is 1. The molecule has 5 atom stereocenters. The van der Waals surface area contributed by atoms with Gasteiger partial charge in [0.15, 0.2) is 5.78 Å². The van der Waals surface area contributed by atoms with Crippen molar-refractivity contribution >= 4 is 5.78 Å². The third kappa shape index (κ3) is 3.22. The molecule has 4 aliphatic carbocycles. The number of carbonyl (C=O) groups excluding carboxylic acids is 1. The van der Waals surface area contributed by atoms with Gasteiger partial charge in [0.2, 0.25) is 0 Å². The lowest BCUT2D eigenvalue weighted by molar-refractivity contribution is -0.114. The Morgan fingerprint density at radius 3 is 2.57 bits per heavy atom. The number of carbonyl (C=O) groups is 1. The summed E-state index contributed by atoms with van der Waals surface area (Å²) >= 11 is 0. The van der Waals surface area contributed by atoms with Crippen LogP contribution < -0.4 is 0 Å². The third-order valence-corrected chi connectivity index (χ3v) is 8.56. The smallest absolute Gasteiger partial charge is 0.156 e.